The highest BCUT2D eigenvalue weighted by atomic mass is 35.5. The van der Waals surface area contributed by atoms with Gasteiger partial charge in [0.1, 0.15) is 5.82 Å². The Morgan fingerprint density at radius 1 is 1.26 bits per heavy atom. The number of nitrogens with zero attached hydrogens (tertiary/aromatic N) is 3. The van der Waals surface area contributed by atoms with Crippen LogP contribution in [-0.4, -0.2) is 39.7 Å². The molecule has 1 aromatic heterocycles. The predicted molar refractivity (Wildman–Crippen MR) is 102 cm³/mol. The molecule has 1 fully saturated rings. The molecule has 1 saturated heterocycles. The molecule has 1 aliphatic heterocycles. The fourth-order valence-corrected chi connectivity index (χ4v) is 2.92. The molecule has 1 aliphatic rings. The minimum absolute atomic E-state index is 0. The second-order valence-electron chi connectivity index (χ2n) is 6.27. The van der Waals surface area contributed by atoms with Crippen LogP contribution in [0.2, 0.25) is 0 Å². The van der Waals surface area contributed by atoms with Gasteiger partial charge in [-0.15, -0.1) is 12.4 Å². The van der Waals surface area contributed by atoms with Gasteiger partial charge in [-0.25, -0.2) is 9.07 Å². The molecule has 0 radical (unpaired) electrons. The van der Waals surface area contributed by atoms with Crippen molar-refractivity contribution in [2.75, 3.05) is 23.7 Å². The summed E-state index contributed by atoms with van der Waals surface area (Å²) >= 11 is 0. The number of hydrogen-bond donors (Lipinski definition) is 3. The van der Waals surface area contributed by atoms with E-state index < -0.39 is 11.7 Å². The Kier molecular flexibility index (Phi) is 6.86. The highest BCUT2D eigenvalue weighted by Gasteiger charge is 2.22. The first-order valence-electron chi connectivity index (χ1n) is 8.44. The fraction of sp³-hybridized carbons (Fsp3) is 0.412. The van der Waals surface area contributed by atoms with E-state index in [1.807, 2.05) is 0 Å². The SMILES string of the molecule is CC(=O)Nc1ccc(F)c(C(=O)Nc2nc(C3CCNCC3)nn2C)c1.Cl. The Hall–Kier alpha value is -2.52. The van der Waals surface area contributed by atoms with Crippen LogP contribution in [0.4, 0.5) is 16.0 Å². The van der Waals surface area contributed by atoms with Crippen molar-refractivity contribution < 1.29 is 14.0 Å². The van der Waals surface area contributed by atoms with E-state index in [4.69, 9.17) is 0 Å². The lowest BCUT2D eigenvalue weighted by Gasteiger charge is -2.19. The van der Waals surface area contributed by atoms with Crippen molar-refractivity contribution in [1.29, 1.82) is 0 Å². The lowest BCUT2D eigenvalue weighted by atomic mass is 9.98. The molecule has 2 aromatic rings. The minimum atomic E-state index is -0.683. The van der Waals surface area contributed by atoms with E-state index in [2.05, 4.69) is 26.0 Å². The topological polar surface area (TPSA) is 101 Å². The molecule has 27 heavy (non-hydrogen) atoms. The maximum absolute atomic E-state index is 14.0. The van der Waals surface area contributed by atoms with Crippen LogP contribution in [0, 0.1) is 5.82 Å². The maximum atomic E-state index is 14.0. The zero-order chi connectivity index (χ0) is 18.7. The van der Waals surface area contributed by atoms with Crippen molar-refractivity contribution in [3.63, 3.8) is 0 Å². The number of aryl methyl sites for hydroxylation is 1. The third kappa shape index (κ3) is 5.01. The number of nitrogens with one attached hydrogen (secondary N) is 3. The summed E-state index contributed by atoms with van der Waals surface area (Å²) in [6, 6.07) is 3.82. The van der Waals surface area contributed by atoms with Crippen molar-refractivity contribution in [1.82, 2.24) is 20.1 Å². The van der Waals surface area contributed by atoms with Crippen molar-refractivity contribution in [3.8, 4) is 0 Å². The summed E-state index contributed by atoms with van der Waals surface area (Å²) in [5.74, 6) is -0.458. The van der Waals surface area contributed by atoms with Gasteiger partial charge in [0.15, 0.2) is 5.82 Å². The number of benzene rings is 1. The average Bonchev–Trinajstić information content (AvgIpc) is 2.97. The van der Waals surface area contributed by atoms with Crippen LogP contribution in [0.3, 0.4) is 0 Å². The molecule has 3 N–H and O–H groups in total. The van der Waals surface area contributed by atoms with Gasteiger partial charge in [-0.2, -0.15) is 10.1 Å². The van der Waals surface area contributed by atoms with E-state index in [1.165, 1.54) is 23.7 Å². The molecule has 1 aromatic carbocycles. The van der Waals surface area contributed by atoms with Crippen molar-refractivity contribution in [2.45, 2.75) is 25.7 Å². The molecule has 146 valence electrons. The van der Waals surface area contributed by atoms with Gasteiger partial charge < -0.3 is 10.6 Å². The van der Waals surface area contributed by atoms with Crippen LogP contribution in [0.15, 0.2) is 18.2 Å². The van der Waals surface area contributed by atoms with Crippen LogP contribution >= 0.6 is 12.4 Å². The summed E-state index contributed by atoms with van der Waals surface area (Å²) in [6.07, 6.45) is 1.87. The summed E-state index contributed by atoms with van der Waals surface area (Å²) < 4.78 is 15.5. The van der Waals surface area contributed by atoms with Gasteiger partial charge in [-0.05, 0) is 44.1 Å². The van der Waals surface area contributed by atoms with Crippen molar-refractivity contribution in [2.24, 2.45) is 7.05 Å². The Morgan fingerprint density at radius 2 is 1.96 bits per heavy atom. The number of carbonyl (C=O) groups excluding carboxylic acids is 2. The van der Waals surface area contributed by atoms with Crippen LogP contribution in [0.1, 0.15) is 41.9 Å². The number of anilines is 2. The molecule has 0 atom stereocenters. The molecule has 0 aliphatic carbocycles. The molecule has 3 rings (SSSR count). The lowest BCUT2D eigenvalue weighted by molar-refractivity contribution is -0.114. The highest BCUT2D eigenvalue weighted by molar-refractivity contribution is 6.04. The fourth-order valence-electron chi connectivity index (χ4n) is 2.92. The molecule has 8 nitrogen and oxygen atoms in total. The zero-order valence-electron chi connectivity index (χ0n) is 15.1. The Labute approximate surface area is 162 Å². The average molecular weight is 397 g/mol. The normalized spacial score (nSPS) is 14.3. The van der Waals surface area contributed by atoms with Gasteiger partial charge in [0, 0.05) is 25.6 Å². The second kappa shape index (κ2) is 8.92. The molecular formula is C17H22ClFN6O2. The second-order valence-corrected chi connectivity index (χ2v) is 6.27. The first-order chi connectivity index (χ1) is 12.4. The molecule has 2 amide bonds. The Morgan fingerprint density at radius 3 is 2.63 bits per heavy atom. The molecule has 0 unspecified atom stereocenters. The number of amides is 2. The van der Waals surface area contributed by atoms with Crippen molar-refractivity contribution >= 4 is 35.9 Å². The van der Waals surface area contributed by atoms with Crippen molar-refractivity contribution in [3.05, 3.63) is 35.4 Å². The zero-order valence-corrected chi connectivity index (χ0v) is 15.9. The van der Waals surface area contributed by atoms with Gasteiger partial charge in [-0.3, -0.25) is 14.9 Å². The van der Waals surface area contributed by atoms with E-state index in [-0.39, 0.29) is 35.7 Å². The maximum Gasteiger partial charge on any atom is 0.261 e. The number of aromatic nitrogens is 3. The number of hydrogen-bond acceptors (Lipinski definition) is 5. The van der Waals surface area contributed by atoms with Gasteiger partial charge in [0.2, 0.25) is 11.9 Å². The smallest absolute Gasteiger partial charge is 0.261 e. The number of carbonyl (C=O) groups is 2. The number of rotatable bonds is 4. The van der Waals surface area contributed by atoms with E-state index in [0.29, 0.717) is 11.5 Å². The minimum Gasteiger partial charge on any atom is -0.326 e. The lowest BCUT2D eigenvalue weighted by Crippen LogP contribution is -2.27. The molecule has 0 spiro atoms. The molecular weight excluding hydrogens is 375 g/mol. The Balaban J connectivity index is 0.00000261. The largest absolute Gasteiger partial charge is 0.326 e. The third-order valence-electron chi connectivity index (χ3n) is 4.24. The van der Waals surface area contributed by atoms with E-state index in [0.717, 1.165) is 32.0 Å². The number of piperidine rings is 1. The number of halogens is 2. The molecule has 10 heteroatoms. The monoisotopic (exact) mass is 396 g/mol. The molecule has 2 heterocycles. The van der Waals surface area contributed by atoms with Gasteiger partial charge >= 0.3 is 0 Å². The van der Waals surface area contributed by atoms with Crippen LogP contribution in [-0.2, 0) is 11.8 Å². The van der Waals surface area contributed by atoms with Gasteiger partial charge in [0.25, 0.3) is 5.91 Å². The predicted octanol–water partition coefficient (Wildman–Crippen LogP) is 2.05. The summed E-state index contributed by atoms with van der Waals surface area (Å²) in [5.41, 5.74) is 0.167. The van der Waals surface area contributed by atoms with Gasteiger partial charge in [0.05, 0.1) is 5.56 Å². The summed E-state index contributed by atoms with van der Waals surface area (Å²) in [7, 11) is 1.68. The standard InChI is InChI=1S/C17H21FN6O2.ClH/c1-10(25)20-12-3-4-14(18)13(9-12)16(26)22-17-21-15(23-24(17)2)11-5-7-19-8-6-11;/h3-4,9,11,19H,5-8H2,1-2H3,(H,20,25)(H,21,22,23,26);1H. The Bertz CT molecular complexity index is 835. The first kappa shape index (κ1) is 20.8. The summed E-state index contributed by atoms with van der Waals surface area (Å²) in [6.45, 7) is 3.16. The van der Waals surface area contributed by atoms with E-state index in [1.54, 1.807) is 7.05 Å². The van der Waals surface area contributed by atoms with Gasteiger partial charge in [-0.1, -0.05) is 0 Å². The summed E-state index contributed by atoms with van der Waals surface area (Å²) in [4.78, 5) is 28.0. The van der Waals surface area contributed by atoms with E-state index in [9.17, 15) is 14.0 Å². The molecule has 0 bridgehead atoms. The quantitative estimate of drug-likeness (QED) is 0.734. The molecule has 0 saturated carbocycles. The third-order valence-corrected chi connectivity index (χ3v) is 4.24. The highest BCUT2D eigenvalue weighted by Crippen LogP contribution is 2.23. The van der Waals surface area contributed by atoms with E-state index >= 15 is 0 Å². The van der Waals surface area contributed by atoms with Crippen LogP contribution in [0.5, 0.6) is 0 Å². The first-order valence-corrected chi connectivity index (χ1v) is 8.44. The van der Waals surface area contributed by atoms with Crippen LogP contribution in [0.25, 0.3) is 0 Å². The summed E-state index contributed by atoms with van der Waals surface area (Å²) in [5, 5.41) is 12.8. The van der Waals surface area contributed by atoms with Crippen LogP contribution < -0.4 is 16.0 Å².